The van der Waals surface area contributed by atoms with Gasteiger partial charge >= 0.3 is 5.97 Å². The summed E-state index contributed by atoms with van der Waals surface area (Å²) in [5.41, 5.74) is 1.24. The predicted octanol–water partition coefficient (Wildman–Crippen LogP) is 4.09. The molecule has 0 aliphatic heterocycles. The molecule has 2 atom stereocenters. The SMILES string of the molecule is O=C(O)CC(S(=O)O)C(c1ccccc1)(c1ccccc1)c1ccccc1. The third-order valence-corrected chi connectivity index (χ3v) is 5.78. The average Bonchev–Trinajstić information content (AvgIpc) is 2.70. The standard InChI is InChI=1S/C22H20O4S/c23-21(24)16-20(27(25)26)22(17-10-4-1-5-11-17,18-12-6-2-7-13-18)19-14-8-3-9-15-19/h1-15,20H,16H2,(H,23,24)(H,25,26). The van der Waals surface area contributed by atoms with Crippen molar-refractivity contribution in [3.05, 3.63) is 108 Å². The molecule has 4 nitrogen and oxygen atoms in total. The van der Waals surface area contributed by atoms with Gasteiger partial charge in [0.15, 0.2) is 11.1 Å². The Morgan fingerprint density at radius 3 is 1.37 bits per heavy atom. The molecule has 0 aliphatic rings. The lowest BCUT2D eigenvalue weighted by molar-refractivity contribution is -0.137. The van der Waals surface area contributed by atoms with Gasteiger partial charge in [0.05, 0.1) is 17.1 Å². The number of carboxylic acids is 1. The van der Waals surface area contributed by atoms with Crippen molar-refractivity contribution >= 4 is 17.0 Å². The van der Waals surface area contributed by atoms with E-state index in [2.05, 4.69) is 0 Å². The molecule has 0 spiro atoms. The van der Waals surface area contributed by atoms with Crippen molar-refractivity contribution in [1.29, 1.82) is 0 Å². The van der Waals surface area contributed by atoms with E-state index in [9.17, 15) is 18.7 Å². The van der Waals surface area contributed by atoms with Crippen LogP contribution < -0.4 is 0 Å². The van der Waals surface area contributed by atoms with Gasteiger partial charge in [0.1, 0.15) is 0 Å². The van der Waals surface area contributed by atoms with Crippen LogP contribution in [0, 0.1) is 0 Å². The maximum atomic E-state index is 12.4. The lowest BCUT2D eigenvalue weighted by atomic mass is 9.66. The quantitative estimate of drug-likeness (QED) is 0.478. The first kappa shape index (κ1) is 19.0. The molecule has 0 bridgehead atoms. The summed E-state index contributed by atoms with van der Waals surface area (Å²) in [6, 6.07) is 28.0. The van der Waals surface area contributed by atoms with E-state index in [1.807, 2.05) is 91.0 Å². The van der Waals surface area contributed by atoms with E-state index in [1.165, 1.54) is 0 Å². The number of carbonyl (C=O) groups is 1. The third-order valence-electron chi connectivity index (χ3n) is 4.77. The Morgan fingerprint density at radius 2 is 1.11 bits per heavy atom. The van der Waals surface area contributed by atoms with Gasteiger partial charge in [0, 0.05) is 0 Å². The minimum atomic E-state index is -2.38. The molecule has 3 aromatic carbocycles. The van der Waals surface area contributed by atoms with Crippen molar-refractivity contribution in [2.45, 2.75) is 17.1 Å². The normalized spacial score (nSPS) is 13.7. The summed E-state index contributed by atoms with van der Waals surface area (Å²) in [6.07, 6.45) is -0.443. The van der Waals surface area contributed by atoms with E-state index in [0.717, 1.165) is 16.7 Å². The average molecular weight is 380 g/mol. The molecule has 3 aromatic rings. The lowest BCUT2D eigenvalue weighted by Crippen LogP contribution is -2.45. The monoisotopic (exact) mass is 380 g/mol. The molecule has 0 aliphatic carbocycles. The molecule has 0 heterocycles. The molecule has 0 radical (unpaired) electrons. The second-order valence-electron chi connectivity index (χ2n) is 6.27. The van der Waals surface area contributed by atoms with E-state index in [0.29, 0.717) is 0 Å². The zero-order valence-electron chi connectivity index (χ0n) is 14.6. The van der Waals surface area contributed by atoms with Crippen molar-refractivity contribution in [2.75, 3.05) is 0 Å². The van der Waals surface area contributed by atoms with Crippen LogP contribution in [0.4, 0.5) is 0 Å². The smallest absolute Gasteiger partial charge is 0.304 e. The van der Waals surface area contributed by atoms with Crippen molar-refractivity contribution in [1.82, 2.24) is 0 Å². The lowest BCUT2D eigenvalue weighted by Gasteiger charge is -2.40. The van der Waals surface area contributed by atoms with Crippen LogP contribution >= 0.6 is 0 Å². The summed E-state index contributed by atoms with van der Waals surface area (Å²) < 4.78 is 22.6. The van der Waals surface area contributed by atoms with E-state index >= 15 is 0 Å². The number of aliphatic carboxylic acids is 1. The van der Waals surface area contributed by atoms with Gasteiger partial charge in [0.2, 0.25) is 0 Å². The van der Waals surface area contributed by atoms with Crippen LogP contribution in [0.5, 0.6) is 0 Å². The summed E-state index contributed by atoms with van der Waals surface area (Å²) in [5, 5.41) is 8.42. The highest BCUT2D eigenvalue weighted by Gasteiger charge is 2.47. The Bertz CT molecular complexity index is 814. The zero-order chi connectivity index (χ0) is 19.3. The number of hydrogen-bond acceptors (Lipinski definition) is 2. The van der Waals surface area contributed by atoms with Gasteiger partial charge in [-0.15, -0.1) is 0 Å². The number of hydrogen-bond donors (Lipinski definition) is 2. The molecule has 5 heteroatoms. The molecule has 0 amide bonds. The summed E-state index contributed by atoms with van der Waals surface area (Å²) in [4.78, 5) is 11.6. The second-order valence-corrected chi connectivity index (χ2v) is 7.39. The van der Waals surface area contributed by atoms with E-state index in [1.54, 1.807) is 0 Å². The molecule has 0 fully saturated rings. The first-order valence-corrected chi connectivity index (χ1v) is 9.72. The van der Waals surface area contributed by atoms with Crippen molar-refractivity contribution < 1.29 is 18.7 Å². The fraction of sp³-hybridized carbons (Fsp3) is 0.136. The zero-order valence-corrected chi connectivity index (χ0v) is 15.4. The highest BCUT2D eigenvalue weighted by atomic mass is 32.2. The molecule has 138 valence electrons. The van der Waals surface area contributed by atoms with Crippen molar-refractivity contribution in [2.24, 2.45) is 0 Å². The fourth-order valence-electron chi connectivity index (χ4n) is 3.70. The van der Waals surface area contributed by atoms with Crippen molar-refractivity contribution in [3.8, 4) is 0 Å². The summed E-state index contributed by atoms with van der Waals surface area (Å²) >= 11 is -2.38. The Hall–Kier alpha value is -2.76. The number of carboxylic acid groups (broad SMARTS) is 1. The van der Waals surface area contributed by atoms with Gasteiger partial charge in [-0.2, -0.15) is 0 Å². The van der Waals surface area contributed by atoms with Crippen LogP contribution in [0.25, 0.3) is 0 Å². The number of rotatable bonds is 7. The predicted molar refractivity (Wildman–Crippen MR) is 106 cm³/mol. The molecule has 0 saturated carbocycles. The summed E-state index contributed by atoms with van der Waals surface area (Å²) in [5.74, 6) is -1.12. The maximum absolute atomic E-state index is 12.4. The molecule has 3 rings (SSSR count). The van der Waals surface area contributed by atoms with Crippen molar-refractivity contribution in [3.63, 3.8) is 0 Å². The Balaban J connectivity index is 2.42. The van der Waals surface area contributed by atoms with Crippen LogP contribution in [0.1, 0.15) is 23.1 Å². The Labute approximate surface area is 160 Å². The second kappa shape index (κ2) is 8.29. The first-order valence-electron chi connectivity index (χ1n) is 8.55. The molecule has 27 heavy (non-hydrogen) atoms. The van der Waals surface area contributed by atoms with Crippen LogP contribution in [-0.4, -0.2) is 25.1 Å². The van der Waals surface area contributed by atoms with Gasteiger partial charge < -0.3 is 9.66 Å². The largest absolute Gasteiger partial charge is 0.481 e. The highest BCUT2D eigenvalue weighted by molar-refractivity contribution is 7.80. The van der Waals surface area contributed by atoms with Gasteiger partial charge in [-0.3, -0.25) is 4.79 Å². The minimum Gasteiger partial charge on any atom is -0.481 e. The van der Waals surface area contributed by atoms with Gasteiger partial charge in [-0.25, -0.2) is 4.21 Å². The third kappa shape index (κ3) is 3.70. The Kier molecular flexibility index (Phi) is 5.84. The van der Waals surface area contributed by atoms with E-state index in [4.69, 9.17) is 0 Å². The maximum Gasteiger partial charge on any atom is 0.304 e. The fourth-order valence-corrected chi connectivity index (χ4v) is 4.69. The Morgan fingerprint density at radius 1 is 0.778 bits per heavy atom. The molecular weight excluding hydrogens is 360 g/mol. The highest BCUT2D eigenvalue weighted by Crippen LogP contribution is 2.45. The first-order chi connectivity index (χ1) is 13.1. The molecule has 2 unspecified atom stereocenters. The summed E-state index contributed by atoms with van der Waals surface area (Å²) in [7, 11) is 0. The number of benzene rings is 3. The molecule has 2 N–H and O–H groups in total. The van der Waals surface area contributed by atoms with Gasteiger partial charge in [0.25, 0.3) is 0 Å². The van der Waals surface area contributed by atoms with Gasteiger partial charge in [-0.1, -0.05) is 91.0 Å². The minimum absolute atomic E-state index is 0.443. The molecular formula is C22H20O4S. The summed E-state index contributed by atoms with van der Waals surface area (Å²) in [6.45, 7) is 0. The van der Waals surface area contributed by atoms with E-state index < -0.39 is 34.1 Å². The van der Waals surface area contributed by atoms with Crippen LogP contribution in [-0.2, 0) is 21.3 Å². The molecule has 0 aromatic heterocycles. The molecule has 0 saturated heterocycles. The van der Waals surface area contributed by atoms with E-state index in [-0.39, 0.29) is 0 Å². The topological polar surface area (TPSA) is 74.6 Å². The van der Waals surface area contributed by atoms with Crippen LogP contribution in [0.2, 0.25) is 0 Å². The van der Waals surface area contributed by atoms with Crippen LogP contribution in [0.3, 0.4) is 0 Å². The van der Waals surface area contributed by atoms with Gasteiger partial charge in [-0.05, 0) is 16.7 Å². The van der Waals surface area contributed by atoms with Crippen LogP contribution in [0.15, 0.2) is 91.0 Å².